The first-order valence-electron chi connectivity index (χ1n) is 4.79. The van der Waals surface area contributed by atoms with Gasteiger partial charge in [-0.1, -0.05) is 6.92 Å². The Bertz CT molecular complexity index is 393. The van der Waals surface area contributed by atoms with E-state index in [-0.39, 0.29) is 0 Å². The predicted molar refractivity (Wildman–Crippen MR) is 57.4 cm³/mol. The molecule has 0 atom stereocenters. The lowest BCUT2D eigenvalue weighted by molar-refractivity contribution is 0.306. The molecule has 0 aliphatic heterocycles. The molecule has 0 aromatic carbocycles. The maximum Gasteiger partial charge on any atom is 0.233 e. The summed E-state index contributed by atoms with van der Waals surface area (Å²) in [5.74, 6) is 0.343. The second-order valence-electron chi connectivity index (χ2n) is 3.12. The van der Waals surface area contributed by atoms with Gasteiger partial charge in [0.15, 0.2) is 0 Å². The van der Waals surface area contributed by atoms with E-state index in [9.17, 15) is 0 Å². The number of nitriles is 1. The molecular weight excluding hydrogens is 190 g/mol. The molecule has 15 heavy (non-hydrogen) atoms. The van der Waals surface area contributed by atoms with Gasteiger partial charge in [-0.05, 0) is 25.0 Å². The second kappa shape index (κ2) is 5.76. The Morgan fingerprint density at radius 3 is 3.00 bits per heavy atom. The van der Waals surface area contributed by atoms with Gasteiger partial charge in [0.05, 0.1) is 12.2 Å². The first kappa shape index (κ1) is 11.2. The molecule has 4 heteroatoms. The van der Waals surface area contributed by atoms with Gasteiger partial charge in [0.1, 0.15) is 0 Å². The number of ether oxygens (including phenoxy) is 1. The monoisotopic (exact) mass is 203 g/mol. The van der Waals surface area contributed by atoms with Crippen LogP contribution in [0.3, 0.4) is 0 Å². The van der Waals surface area contributed by atoms with Gasteiger partial charge < -0.3 is 4.74 Å². The van der Waals surface area contributed by atoms with Crippen molar-refractivity contribution in [2.75, 3.05) is 6.61 Å². The number of nitrogens with zero attached hydrogens (tertiary/aromatic N) is 3. The molecule has 1 rings (SSSR count). The summed E-state index contributed by atoms with van der Waals surface area (Å²) in [6, 6.07) is 1.89. The molecular formula is C11H13N3O. The third-order valence-corrected chi connectivity index (χ3v) is 1.72. The van der Waals surface area contributed by atoms with Crippen LogP contribution in [0.4, 0.5) is 0 Å². The van der Waals surface area contributed by atoms with Crippen LogP contribution in [0.2, 0.25) is 0 Å². The van der Waals surface area contributed by atoms with Crippen molar-refractivity contribution in [2.45, 2.75) is 20.3 Å². The Hall–Kier alpha value is -1.89. The summed E-state index contributed by atoms with van der Waals surface area (Å²) < 4.78 is 5.36. The standard InChI is InChI=1S/C11H13N3O/c1-3-4-15-11(14-8-12)10-5-9(2)6-13-7-10/h5-7H,3-4H2,1-2H3. The Morgan fingerprint density at radius 1 is 1.60 bits per heavy atom. The lowest BCUT2D eigenvalue weighted by Crippen LogP contribution is -2.08. The number of aryl methyl sites for hydroxylation is 1. The van der Waals surface area contributed by atoms with E-state index < -0.39 is 0 Å². The fourth-order valence-corrected chi connectivity index (χ4v) is 1.10. The Kier molecular flexibility index (Phi) is 4.30. The lowest BCUT2D eigenvalue weighted by Gasteiger charge is -2.06. The number of hydrogen-bond acceptors (Lipinski definition) is 4. The van der Waals surface area contributed by atoms with Crippen LogP contribution in [0.5, 0.6) is 0 Å². The molecule has 0 radical (unpaired) electrons. The maximum absolute atomic E-state index is 8.53. The molecule has 0 saturated heterocycles. The molecule has 4 nitrogen and oxygen atoms in total. The summed E-state index contributed by atoms with van der Waals surface area (Å²) in [5.41, 5.74) is 1.75. The van der Waals surface area contributed by atoms with E-state index in [1.807, 2.05) is 19.9 Å². The molecule has 0 spiro atoms. The van der Waals surface area contributed by atoms with E-state index in [1.165, 1.54) is 0 Å². The molecule has 0 N–H and O–H groups in total. The quantitative estimate of drug-likeness (QED) is 0.429. The summed E-state index contributed by atoms with van der Waals surface area (Å²) in [6.07, 6.45) is 5.99. The first-order chi connectivity index (χ1) is 7.27. The number of rotatable bonds is 3. The molecule has 78 valence electrons. The molecule has 0 unspecified atom stereocenters. The molecule has 0 fully saturated rings. The molecule has 0 amide bonds. The van der Waals surface area contributed by atoms with E-state index >= 15 is 0 Å². The summed E-state index contributed by atoms with van der Waals surface area (Å²) >= 11 is 0. The van der Waals surface area contributed by atoms with Gasteiger partial charge in [0.2, 0.25) is 12.1 Å². The largest absolute Gasteiger partial charge is 0.477 e. The highest BCUT2D eigenvalue weighted by Gasteiger charge is 2.05. The van der Waals surface area contributed by atoms with Crippen molar-refractivity contribution in [3.8, 4) is 6.19 Å². The molecule has 1 aromatic heterocycles. The number of pyridine rings is 1. The predicted octanol–water partition coefficient (Wildman–Crippen LogP) is 2.04. The molecule has 0 saturated carbocycles. The van der Waals surface area contributed by atoms with Gasteiger partial charge in [0.25, 0.3) is 0 Å². The van der Waals surface area contributed by atoms with Crippen molar-refractivity contribution in [1.29, 1.82) is 5.26 Å². The number of aliphatic imine (C=N–C) groups is 1. The van der Waals surface area contributed by atoms with Crippen LogP contribution in [0.15, 0.2) is 23.5 Å². The minimum atomic E-state index is 0.343. The van der Waals surface area contributed by atoms with E-state index in [0.717, 1.165) is 17.5 Å². The van der Waals surface area contributed by atoms with Crippen molar-refractivity contribution in [2.24, 2.45) is 4.99 Å². The fourth-order valence-electron chi connectivity index (χ4n) is 1.10. The van der Waals surface area contributed by atoms with Crippen molar-refractivity contribution < 1.29 is 4.74 Å². The highest BCUT2D eigenvalue weighted by atomic mass is 16.5. The molecule has 0 aliphatic carbocycles. The van der Waals surface area contributed by atoms with Crippen LogP contribution >= 0.6 is 0 Å². The smallest absolute Gasteiger partial charge is 0.233 e. The second-order valence-corrected chi connectivity index (χ2v) is 3.12. The third-order valence-electron chi connectivity index (χ3n) is 1.72. The van der Waals surface area contributed by atoms with Crippen LogP contribution in [-0.2, 0) is 4.74 Å². The zero-order chi connectivity index (χ0) is 11.1. The Morgan fingerprint density at radius 2 is 2.40 bits per heavy atom. The average molecular weight is 203 g/mol. The average Bonchev–Trinajstić information content (AvgIpc) is 2.24. The highest BCUT2D eigenvalue weighted by Crippen LogP contribution is 2.04. The SMILES string of the molecule is CCCOC(=NC#N)c1cncc(C)c1. The van der Waals surface area contributed by atoms with Crippen molar-refractivity contribution >= 4 is 5.90 Å². The van der Waals surface area contributed by atoms with Crippen LogP contribution in [-0.4, -0.2) is 17.5 Å². The van der Waals surface area contributed by atoms with Gasteiger partial charge in [-0.2, -0.15) is 5.26 Å². The minimum Gasteiger partial charge on any atom is -0.477 e. The van der Waals surface area contributed by atoms with E-state index in [2.05, 4.69) is 9.98 Å². The van der Waals surface area contributed by atoms with Crippen molar-refractivity contribution in [3.05, 3.63) is 29.6 Å². The maximum atomic E-state index is 8.53. The number of hydrogen-bond donors (Lipinski definition) is 0. The third kappa shape index (κ3) is 3.39. The molecule has 0 bridgehead atoms. The van der Waals surface area contributed by atoms with Crippen molar-refractivity contribution in [3.63, 3.8) is 0 Å². The van der Waals surface area contributed by atoms with Gasteiger partial charge in [0, 0.05) is 12.4 Å². The minimum absolute atomic E-state index is 0.343. The highest BCUT2D eigenvalue weighted by molar-refractivity contribution is 5.94. The fraction of sp³-hybridized carbons (Fsp3) is 0.364. The van der Waals surface area contributed by atoms with E-state index in [4.69, 9.17) is 10.00 Å². The van der Waals surface area contributed by atoms with Gasteiger partial charge >= 0.3 is 0 Å². The van der Waals surface area contributed by atoms with Crippen molar-refractivity contribution in [1.82, 2.24) is 4.98 Å². The van der Waals surface area contributed by atoms with Crippen LogP contribution in [0, 0.1) is 18.4 Å². The Labute approximate surface area is 89.2 Å². The lowest BCUT2D eigenvalue weighted by atomic mass is 10.2. The van der Waals surface area contributed by atoms with Crippen LogP contribution in [0.25, 0.3) is 0 Å². The summed E-state index contributed by atoms with van der Waals surface area (Å²) in [6.45, 7) is 4.48. The molecule has 0 aliphatic rings. The summed E-state index contributed by atoms with van der Waals surface area (Å²) in [5, 5.41) is 8.53. The topological polar surface area (TPSA) is 58.3 Å². The molecule has 1 heterocycles. The van der Waals surface area contributed by atoms with E-state index in [1.54, 1.807) is 18.6 Å². The van der Waals surface area contributed by atoms with Gasteiger partial charge in [-0.3, -0.25) is 4.98 Å². The van der Waals surface area contributed by atoms with E-state index in [0.29, 0.717) is 12.5 Å². The number of aromatic nitrogens is 1. The van der Waals surface area contributed by atoms with Crippen LogP contribution < -0.4 is 0 Å². The van der Waals surface area contributed by atoms with Gasteiger partial charge in [-0.25, -0.2) is 0 Å². The normalized spacial score (nSPS) is 10.9. The first-order valence-corrected chi connectivity index (χ1v) is 4.79. The zero-order valence-electron chi connectivity index (χ0n) is 8.90. The Balaban J connectivity index is 2.90. The summed E-state index contributed by atoms with van der Waals surface area (Å²) in [4.78, 5) is 7.66. The van der Waals surface area contributed by atoms with Gasteiger partial charge in [-0.15, -0.1) is 4.99 Å². The zero-order valence-corrected chi connectivity index (χ0v) is 8.90. The summed E-state index contributed by atoms with van der Waals surface area (Å²) in [7, 11) is 0. The molecule has 1 aromatic rings. The van der Waals surface area contributed by atoms with Crippen LogP contribution in [0.1, 0.15) is 24.5 Å².